The molecule has 2 aromatic carbocycles. The molecular weight excluding hydrogens is 366 g/mol. The van der Waals surface area contributed by atoms with Gasteiger partial charge in [0.2, 0.25) is 0 Å². The molecule has 0 unspecified atom stereocenters. The van der Waals surface area contributed by atoms with Crippen molar-refractivity contribution in [3.8, 4) is 0 Å². The number of halogens is 1. The Hall–Kier alpha value is -2.37. The van der Waals surface area contributed by atoms with E-state index in [0.717, 1.165) is 16.1 Å². The molecule has 0 atom stereocenters. The van der Waals surface area contributed by atoms with E-state index in [-0.39, 0.29) is 5.56 Å². The molecule has 2 heterocycles. The first-order valence-electron chi connectivity index (χ1n) is 8.35. The molecule has 0 bridgehead atoms. The van der Waals surface area contributed by atoms with Crippen LogP contribution in [-0.2, 0) is 6.67 Å². The minimum absolute atomic E-state index is 0.00256. The zero-order valence-electron chi connectivity index (χ0n) is 14.6. The molecule has 1 aromatic heterocycles. The number of aromatic nitrogens is 1. The van der Waals surface area contributed by atoms with Crippen molar-refractivity contribution in [2.45, 2.75) is 20.5 Å². The van der Waals surface area contributed by atoms with Gasteiger partial charge in [0, 0.05) is 10.7 Å². The van der Waals surface area contributed by atoms with Gasteiger partial charge in [-0.3, -0.25) is 9.36 Å². The van der Waals surface area contributed by atoms with Gasteiger partial charge in [-0.05, 0) is 60.9 Å². The van der Waals surface area contributed by atoms with E-state index in [0.29, 0.717) is 22.9 Å². The molecule has 132 valence electrons. The smallest absolute Gasteiger partial charge is 0.271 e. The fourth-order valence-electron chi connectivity index (χ4n) is 2.91. The van der Waals surface area contributed by atoms with E-state index in [1.54, 1.807) is 4.57 Å². The molecule has 0 saturated heterocycles. The number of hydrogen-bond acceptors (Lipinski definition) is 4. The Kier molecular flexibility index (Phi) is 4.42. The number of nitrogens with zero attached hydrogens (tertiary/aromatic N) is 3. The largest absolute Gasteiger partial charge is 0.334 e. The average Bonchev–Trinajstić information content (AvgIpc) is 2.95. The molecule has 0 N–H and O–H groups in total. The van der Waals surface area contributed by atoms with Crippen molar-refractivity contribution in [3.05, 3.63) is 83.9 Å². The van der Waals surface area contributed by atoms with Crippen LogP contribution in [0.3, 0.4) is 0 Å². The fourth-order valence-corrected chi connectivity index (χ4v) is 4.00. The van der Waals surface area contributed by atoms with Crippen molar-refractivity contribution >= 4 is 34.7 Å². The van der Waals surface area contributed by atoms with Gasteiger partial charge in [-0.25, -0.2) is 4.99 Å². The maximum atomic E-state index is 12.8. The lowest BCUT2D eigenvalue weighted by Crippen LogP contribution is -2.42. The standard InChI is InChI=1S/C20H18ClN3OS/c1-13-3-8-17(9-14(13)2)23-11-22-20-24(12-23)19(25)18(26-20)10-15-4-6-16(21)7-5-15/h3-10H,11-12H2,1-2H3/b18-10+. The van der Waals surface area contributed by atoms with Crippen LogP contribution in [0.2, 0.25) is 5.02 Å². The number of hydrogen-bond donors (Lipinski definition) is 0. The number of aryl methyl sites for hydroxylation is 2. The molecule has 0 spiro atoms. The van der Waals surface area contributed by atoms with Crippen molar-refractivity contribution in [2.75, 3.05) is 11.6 Å². The number of rotatable bonds is 2. The Balaban J connectivity index is 1.70. The lowest BCUT2D eigenvalue weighted by Gasteiger charge is -2.26. The van der Waals surface area contributed by atoms with Gasteiger partial charge in [-0.15, -0.1) is 0 Å². The second-order valence-corrected chi connectivity index (χ2v) is 7.87. The molecule has 0 aliphatic carbocycles. The minimum Gasteiger partial charge on any atom is -0.334 e. The van der Waals surface area contributed by atoms with Crippen molar-refractivity contribution in [3.63, 3.8) is 0 Å². The molecule has 26 heavy (non-hydrogen) atoms. The fraction of sp³-hybridized carbons (Fsp3) is 0.200. The summed E-state index contributed by atoms with van der Waals surface area (Å²) in [5.74, 6) is 0. The molecule has 1 aliphatic heterocycles. The SMILES string of the molecule is Cc1ccc(N2CN=c3s/c(=C/c4ccc(Cl)cc4)c(=O)n3C2)cc1C. The molecule has 6 heteroatoms. The summed E-state index contributed by atoms with van der Waals surface area (Å²) in [6.45, 7) is 5.27. The number of benzene rings is 2. The Labute approximate surface area is 160 Å². The third kappa shape index (κ3) is 3.20. The van der Waals surface area contributed by atoms with Crippen molar-refractivity contribution in [2.24, 2.45) is 4.99 Å². The van der Waals surface area contributed by atoms with Crippen LogP contribution >= 0.6 is 22.9 Å². The first-order valence-corrected chi connectivity index (χ1v) is 9.54. The lowest BCUT2D eigenvalue weighted by atomic mass is 10.1. The topological polar surface area (TPSA) is 37.6 Å². The maximum absolute atomic E-state index is 12.8. The predicted octanol–water partition coefficient (Wildman–Crippen LogP) is 3.06. The third-order valence-electron chi connectivity index (χ3n) is 4.60. The summed E-state index contributed by atoms with van der Waals surface area (Å²) in [5, 5.41) is 0.684. The van der Waals surface area contributed by atoms with Crippen LogP contribution in [0.1, 0.15) is 16.7 Å². The van der Waals surface area contributed by atoms with Crippen LogP contribution in [0.4, 0.5) is 5.69 Å². The number of anilines is 1. The van der Waals surface area contributed by atoms with Gasteiger partial charge < -0.3 is 4.90 Å². The second kappa shape index (κ2) is 6.74. The van der Waals surface area contributed by atoms with Crippen LogP contribution in [-0.4, -0.2) is 11.2 Å². The quantitative estimate of drug-likeness (QED) is 0.682. The number of fused-ring (bicyclic) bond motifs is 1. The van der Waals surface area contributed by atoms with E-state index in [4.69, 9.17) is 11.6 Å². The van der Waals surface area contributed by atoms with Gasteiger partial charge >= 0.3 is 0 Å². The zero-order valence-corrected chi connectivity index (χ0v) is 16.1. The Bertz CT molecular complexity index is 1150. The lowest BCUT2D eigenvalue weighted by molar-refractivity contribution is 0.569. The third-order valence-corrected chi connectivity index (χ3v) is 5.90. The Morgan fingerprint density at radius 1 is 1.12 bits per heavy atom. The van der Waals surface area contributed by atoms with Gasteiger partial charge in [0.1, 0.15) is 13.3 Å². The highest BCUT2D eigenvalue weighted by atomic mass is 35.5. The van der Waals surface area contributed by atoms with Gasteiger partial charge in [-0.2, -0.15) is 0 Å². The first kappa shape index (κ1) is 17.1. The highest BCUT2D eigenvalue weighted by Crippen LogP contribution is 2.19. The number of thiazole rings is 1. The van der Waals surface area contributed by atoms with E-state index in [2.05, 4.69) is 41.9 Å². The van der Waals surface area contributed by atoms with E-state index < -0.39 is 0 Å². The average molecular weight is 384 g/mol. The van der Waals surface area contributed by atoms with Crippen molar-refractivity contribution in [1.29, 1.82) is 0 Å². The van der Waals surface area contributed by atoms with Crippen molar-refractivity contribution in [1.82, 2.24) is 4.57 Å². The van der Waals surface area contributed by atoms with Gasteiger partial charge in [0.15, 0.2) is 4.80 Å². The van der Waals surface area contributed by atoms with E-state index in [9.17, 15) is 4.79 Å². The van der Waals surface area contributed by atoms with Crippen LogP contribution < -0.4 is 19.8 Å². The van der Waals surface area contributed by atoms with Crippen LogP contribution in [0.25, 0.3) is 6.08 Å². The summed E-state index contributed by atoms with van der Waals surface area (Å²) >= 11 is 7.36. The summed E-state index contributed by atoms with van der Waals surface area (Å²) < 4.78 is 2.43. The molecule has 1 aliphatic rings. The monoisotopic (exact) mass is 383 g/mol. The second-order valence-electron chi connectivity index (χ2n) is 6.43. The highest BCUT2D eigenvalue weighted by Gasteiger charge is 2.16. The molecule has 0 radical (unpaired) electrons. The van der Waals surface area contributed by atoms with E-state index in [1.165, 1.54) is 22.5 Å². The maximum Gasteiger partial charge on any atom is 0.271 e. The molecule has 4 nitrogen and oxygen atoms in total. The highest BCUT2D eigenvalue weighted by molar-refractivity contribution is 7.07. The van der Waals surface area contributed by atoms with Crippen molar-refractivity contribution < 1.29 is 0 Å². The van der Waals surface area contributed by atoms with Crippen LogP contribution in [0.15, 0.2) is 52.3 Å². The van der Waals surface area contributed by atoms with Gasteiger partial charge in [0.25, 0.3) is 5.56 Å². The summed E-state index contributed by atoms with van der Waals surface area (Å²) in [4.78, 5) is 20.3. The summed E-state index contributed by atoms with van der Waals surface area (Å²) in [6.07, 6.45) is 1.89. The molecule has 4 rings (SSSR count). The molecular formula is C20H18ClN3OS. The Morgan fingerprint density at radius 2 is 1.88 bits per heavy atom. The van der Waals surface area contributed by atoms with Crippen LogP contribution in [0, 0.1) is 13.8 Å². The summed E-state index contributed by atoms with van der Waals surface area (Å²) in [6, 6.07) is 13.8. The summed E-state index contributed by atoms with van der Waals surface area (Å²) in [7, 11) is 0. The summed E-state index contributed by atoms with van der Waals surface area (Å²) in [5.41, 5.74) is 4.54. The molecule has 3 aromatic rings. The van der Waals surface area contributed by atoms with Crippen LogP contribution in [0.5, 0.6) is 0 Å². The van der Waals surface area contributed by atoms with Gasteiger partial charge in [-0.1, -0.05) is 41.1 Å². The first-order chi connectivity index (χ1) is 12.5. The normalized spacial score (nSPS) is 14.3. The minimum atomic E-state index is -0.00256. The molecule has 0 fully saturated rings. The van der Waals surface area contributed by atoms with E-state index in [1.807, 2.05) is 30.3 Å². The molecule has 0 amide bonds. The van der Waals surface area contributed by atoms with E-state index >= 15 is 0 Å². The Morgan fingerprint density at radius 3 is 2.62 bits per heavy atom. The zero-order chi connectivity index (χ0) is 18.3. The van der Waals surface area contributed by atoms with Gasteiger partial charge in [0.05, 0.1) is 4.53 Å². The predicted molar refractivity (Wildman–Crippen MR) is 108 cm³/mol. The molecule has 0 saturated carbocycles.